The van der Waals surface area contributed by atoms with Crippen LogP contribution in [-0.4, -0.2) is 34.0 Å². The summed E-state index contributed by atoms with van der Waals surface area (Å²) in [6.07, 6.45) is 3.58. The molecule has 0 amide bonds. The minimum absolute atomic E-state index is 0.0697. The number of nitrogens with zero attached hydrogens (tertiary/aromatic N) is 2. The molecule has 5 heteroatoms. The van der Waals surface area contributed by atoms with Crippen LogP contribution in [0.3, 0.4) is 0 Å². The van der Waals surface area contributed by atoms with E-state index in [0.29, 0.717) is 25.2 Å². The SMILES string of the molecule is O[C@H]1CCOC[C@@H]1[C@@H]1c2cccc(F)c2-c2cncn21. The Hall–Kier alpha value is -1.72. The van der Waals surface area contributed by atoms with Crippen molar-refractivity contribution in [2.45, 2.75) is 18.6 Å². The maximum atomic E-state index is 14.1. The van der Waals surface area contributed by atoms with E-state index in [1.807, 2.05) is 10.6 Å². The number of rotatable bonds is 1. The highest BCUT2D eigenvalue weighted by Crippen LogP contribution is 2.45. The van der Waals surface area contributed by atoms with Gasteiger partial charge in [0.15, 0.2) is 0 Å². The van der Waals surface area contributed by atoms with Crippen molar-refractivity contribution < 1.29 is 14.2 Å². The van der Waals surface area contributed by atoms with Crippen molar-refractivity contribution in [2.24, 2.45) is 5.92 Å². The molecule has 20 heavy (non-hydrogen) atoms. The van der Waals surface area contributed by atoms with Gasteiger partial charge in [-0.05, 0) is 18.1 Å². The first-order valence-corrected chi connectivity index (χ1v) is 6.84. The molecule has 0 bridgehead atoms. The Morgan fingerprint density at radius 3 is 3.15 bits per heavy atom. The molecule has 1 aromatic carbocycles. The van der Waals surface area contributed by atoms with Gasteiger partial charge in [-0.3, -0.25) is 0 Å². The summed E-state index contributed by atoms with van der Waals surface area (Å²) in [5.41, 5.74) is 2.30. The maximum absolute atomic E-state index is 14.1. The number of aliphatic hydroxyl groups excluding tert-OH is 1. The normalized spacial score (nSPS) is 28.2. The highest BCUT2D eigenvalue weighted by Gasteiger charge is 2.40. The van der Waals surface area contributed by atoms with Gasteiger partial charge in [0, 0.05) is 18.1 Å². The van der Waals surface area contributed by atoms with Gasteiger partial charge in [0.25, 0.3) is 0 Å². The molecule has 1 saturated heterocycles. The molecule has 2 aliphatic heterocycles. The number of hydrogen-bond acceptors (Lipinski definition) is 3. The van der Waals surface area contributed by atoms with Gasteiger partial charge in [0.05, 0.1) is 37.0 Å². The molecular weight excluding hydrogens is 259 g/mol. The van der Waals surface area contributed by atoms with Gasteiger partial charge in [0.2, 0.25) is 0 Å². The highest BCUT2D eigenvalue weighted by atomic mass is 19.1. The molecule has 1 N–H and O–H groups in total. The van der Waals surface area contributed by atoms with Crippen LogP contribution in [0.15, 0.2) is 30.7 Å². The molecule has 1 aromatic heterocycles. The second-order valence-corrected chi connectivity index (χ2v) is 5.43. The summed E-state index contributed by atoms with van der Waals surface area (Å²) in [4.78, 5) is 4.13. The molecule has 3 heterocycles. The molecule has 4 nitrogen and oxygen atoms in total. The number of imidazole rings is 1. The number of ether oxygens (including phenoxy) is 1. The zero-order valence-corrected chi connectivity index (χ0v) is 10.9. The number of benzene rings is 1. The fourth-order valence-electron chi connectivity index (χ4n) is 3.41. The summed E-state index contributed by atoms with van der Waals surface area (Å²) in [6.45, 7) is 1.07. The molecule has 0 aliphatic carbocycles. The molecular formula is C15H15FN2O2. The third kappa shape index (κ3) is 1.57. The number of hydrogen-bond donors (Lipinski definition) is 1. The zero-order valence-electron chi connectivity index (χ0n) is 10.9. The third-order valence-corrected chi connectivity index (χ3v) is 4.35. The number of fused-ring (bicyclic) bond motifs is 3. The molecule has 104 valence electrons. The van der Waals surface area contributed by atoms with E-state index in [1.165, 1.54) is 6.07 Å². The fourth-order valence-corrected chi connectivity index (χ4v) is 3.41. The second kappa shape index (κ2) is 4.40. The van der Waals surface area contributed by atoms with E-state index in [-0.39, 0.29) is 17.8 Å². The monoisotopic (exact) mass is 274 g/mol. The van der Waals surface area contributed by atoms with Crippen molar-refractivity contribution in [3.8, 4) is 11.3 Å². The van der Waals surface area contributed by atoms with Crippen LogP contribution >= 0.6 is 0 Å². The third-order valence-electron chi connectivity index (χ3n) is 4.35. The summed E-state index contributed by atoms with van der Waals surface area (Å²) in [7, 11) is 0. The van der Waals surface area contributed by atoms with E-state index in [0.717, 1.165) is 11.3 Å². The first-order valence-electron chi connectivity index (χ1n) is 6.84. The Morgan fingerprint density at radius 2 is 2.30 bits per heavy atom. The molecule has 3 atom stereocenters. The Bertz CT molecular complexity index is 655. The molecule has 2 aliphatic rings. The van der Waals surface area contributed by atoms with Crippen LogP contribution in [0.4, 0.5) is 4.39 Å². The lowest BCUT2D eigenvalue weighted by atomic mass is 9.86. The maximum Gasteiger partial charge on any atom is 0.132 e. The van der Waals surface area contributed by atoms with Crippen LogP contribution in [0.1, 0.15) is 18.0 Å². The van der Waals surface area contributed by atoms with Crippen molar-refractivity contribution in [2.75, 3.05) is 13.2 Å². The molecule has 0 radical (unpaired) electrons. The minimum atomic E-state index is -0.432. The fraction of sp³-hybridized carbons (Fsp3) is 0.400. The molecule has 2 aromatic rings. The van der Waals surface area contributed by atoms with Gasteiger partial charge in [0.1, 0.15) is 5.82 Å². The molecule has 0 unspecified atom stereocenters. The van der Waals surface area contributed by atoms with Gasteiger partial charge in [-0.1, -0.05) is 12.1 Å². The number of aromatic nitrogens is 2. The quantitative estimate of drug-likeness (QED) is 0.865. The first kappa shape index (κ1) is 12.1. The van der Waals surface area contributed by atoms with Crippen LogP contribution in [0.2, 0.25) is 0 Å². The van der Waals surface area contributed by atoms with Gasteiger partial charge in [-0.15, -0.1) is 0 Å². The Labute approximate surface area is 115 Å². The Morgan fingerprint density at radius 1 is 1.40 bits per heavy atom. The predicted octanol–water partition coefficient (Wildman–Crippen LogP) is 1.99. The lowest BCUT2D eigenvalue weighted by molar-refractivity contribution is -0.0481. The van der Waals surface area contributed by atoms with Crippen molar-refractivity contribution >= 4 is 0 Å². The summed E-state index contributed by atoms with van der Waals surface area (Å²) >= 11 is 0. The summed E-state index contributed by atoms with van der Waals surface area (Å²) < 4.78 is 21.6. The van der Waals surface area contributed by atoms with Crippen LogP contribution < -0.4 is 0 Å². The minimum Gasteiger partial charge on any atom is -0.393 e. The highest BCUT2D eigenvalue weighted by molar-refractivity contribution is 5.69. The summed E-state index contributed by atoms with van der Waals surface area (Å²) in [6, 6.07) is 5.01. The van der Waals surface area contributed by atoms with Crippen LogP contribution in [-0.2, 0) is 4.74 Å². The Kier molecular flexibility index (Phi) is 2.65. The topological polar surface area (TPSA) is 47.3 Å². The lowest BCUT2D eigenvalue weighted by Crippen LogP contribution is -2.37. The average Bonchev–Trinajstić information content (AvgIpc) is 3.00. The summed E-state index contributed by atoms with van der Waals surface area (Å²) in [5, 5.41) is 10.3. The van der Waals surface area contributed by atoms with E-state index in [9.17, 15) is 9.50 Å². The van der Waals surface area contributed by atoms with E-state index in [4.69, 9.17) is 4.74 Å². The van der Waals surface area contributed by atoms with Crippen molar-refractivity contribution in [1.82, 2.24) is 9.55 Å². The van der Waals surface area contributed by atoms with Gasteiger partial charge < -0.3 is 14.4 Å². The van der Waals surface area contributed by atoms with Gasteiger partial charge in [-0.25, -0.2) is 9.37 Å². The molecule has 0 spiro atoms. The van der Waals surface area contributed by atoms with Crippen LogP contribution in [0, 0.1) is 11.7 Å². The number of halogens is 1. The van der Waals surface area contributed by atoms with Crippen LogP contribution in [0.25, 0.3) is 11.3 Å². The van der Waals surface area contributed by atoms with E-state index >= 15 is 0 Å². The zero-order chi connectivity index (χ0) is 13.7. The summed E-state index contributed by atoms with van der Waals surface area (Å²) in [5.74, 6) is -0.308. The second-order valence-electron chi connectivity index (χ2n) is 5.43. The first-order chi connectivity index (χ1) is 9.77. The van der Waals surface area contributed by atoms with E-state index in [1.54, 1.807) is 18.6 Å². The van der Waals surface area contributed by atoms with Crippen molar-refractivity contribution in [3.05, 3.63) is 42.1 Å². The molecule has 4 rings (SSSR count). The standard InChI is InChI=1S/C15H15FN2O2/c16-11-3-1-2-9-14(11)12-6-17-8-18(12)15(9)10-7-20-5-4-13(10)19/h1-3,6,8,10,13,15,19H,4-5,7H2/t10-,13-,15-/m0/s1. The predicted molar refractivity (Wildman–Crippen MR) is 70.7 cm³/mol. The smallest absolute Gasteiger partial charge is 0.132 e. The molecule has 0 saturated carbocycles. The van der Waals surface area contributed by atoms with Crippen LogP contribution in [0.5, 0.6) is 0 Å². The lowest BCUT2D eigenvalue weighted by Gasteiger charge is -2.33. The molecule has 1 fully saturated rings. The number of aliphatic hydroxyl groups is 1. The largest absolute Gasteiger partial charge is 0.393 e. The van der Waals surface area contributed by atoms with Crippen molar-refractivity contribution in [3.63, 3.8) is 0 Å². The van der Waals surface area contributed by atoms with E-state index in [2.05, 4.69) is 4.98 Å². The van der Waals surface area contributed by atoms with Gasteiger partial charge in [-0.2, -0.15) is 0 Å². The van der Waals surface area contributed by atoms with E-state index < -0.39 is 6.10 Å². The Balaban J connectivity index is 1.87. The average molecular weight is 274 g/mol. The van der Waals surface area contributed by atoms with Gasteiger partial charge >= 0.3 is 0 Å². The van der Waals surface area contributed by atoms with Crippen molar-refractivity contribution in [1.29, 1.82) is 0 Å².